The number of ether oxygens (including phenoxy) is 1. The summed E-state index contributed by atoms with van der Waals surface area (Å²) in [7, 11) is 3.40. The van der Waals surface area contributed by atoms with E-state index < -0.39 is 0 Å². The molecule has 29 heavy (non-hydrogen) atoms. The number of rotatable bonds is 7. The van der Waals surface area contributed by atoms with E-state index in [1.807, 2.05) is 24.3 Å². The Kier molecular flexibility index (Phi) is 7.59. The summed E-state index contributed by atoms with van der Waals surface area (Å²) < 4.78 is 8.13. The number of carbonyl (C=O) groups is 1. The number of halogens is 2. The highest BCUT2D eigenvalue weighted by Crippen LogP contribution is 2.28. The number of amides is 1. The summed E-state index contributed by atoms with van der Waals surface area (Å²) >= 11 is 20.1. The Morgan fingerprint density at radius 2 is 2.07 bits per heavy atom. The summed E-state index contributed by atoms with van der Waals surface area (Å²) in [5.74, 6) is 1.04. The molecule has 1 aromatic heterocycles. The van der Waals surface area contributed by atoms with Crippen molar-refractivity contribution in [2.45, 2.75) is 10.9 Å². The fourth-order valence-electron chi connectivity index (χ4n) is 2.47. The van der Waals surface area contributed by atoms with Crippen molar-refractivity contribution in [1.29, 1.82) is 0 Å². The molecule has 0 spiro atoms. The molecule has 10 heteroatoms. The second kappa shape index (κ2) is 9.95. The molecule has 3 aromatic rings. The average Bonchev–Trinajstić information content (AvgIpc) is 3.08. The largest absolute Gasteiger partial charge is 0.497 e. The third kappa shape index (κ3) is 5.73. The molecule has 0 aliphatic rings. The molecule has 1 heterocycles. The first kappa shape index (κ1) is 22.1. The van der Waals surface area contributed by atoms with Gasteiger partial charge in [0.2, 0.25) is 5.91 Å². The number of hydrogen-bond donors (Lipinski definition) is 0. The molecular formula is C19H17Cl2N3O2S3. The minimum absolute atomic E-state index is 0.0000237. The van der Waals surface area contributed by atoms with Crippen molar-refractivity contribution < 1.29 is 9.53 Å². The monoisotopic (exact) mass is 485 g/mol. The van der Waals surface area contributed by atoms with E-state index in [4.69, 9.17) is 40.2 Å². The second-order valence-corrected chi connectivity index (χ2v) is 9.69. The van der Waals surface area contributed by atoms with Crippen LogP contribution in [0.15, 0.2) is 46.8 Å². The topological polar surface area (TPSA) is 47.4 Å². The molecule has 0 unspecified atom stereocenters. The zero-order valence-corrected chi connectivity index (χ0v) is 19.6. The van der Waals surface area contributed by atoms with Gasteiger partial charge >= 0.3 is 0 Å². The molecule has 0 atom stereocenters. The maximum Gasteiger partial charge on any atom is 0.233 e. The first-order valence-corrected chi connectivity index (χ1v) is 11.4. The van der Waals surface area contributed by atoms with Gasteiger partial charge in [0, 0.05) is 13.6 Å². The molecular weight excluding hydrogens is 469 g/mol. The lowest BCUT2D eigenvalue weighted by Crippen LogP contribution is -2.27. The summed E-state index contributed by atoms with van der Waals surface area (Å²) in [6.45, 7) is 0.504. The highest BCUT2D eigenvalue weighted by molar-refractivity contribution is 8.01. The first-order valence-electron chi connectivity index (χ1n) is 8.42. The van der Waals surface area contributed by atoms with Crippen LogP contribution < -0.4 is 4.74 Å². The molecule has 0 radical (unpaired) electrons. The summed E-state index contributed by atoms with van der Waals surface area (Å²) in [5.41, 5.74) is 1.73. The number of benzene rings is 2. The van der Waals surface area contributed by atoms with E-state index in [0.717, 1.165) is 17.0 Å². The molecule has 2 aromatic carbocycles. The van der Waals surface area contributed by atoms with Gasteiger partial charge in [-0.1, -0.05) is 58.4 Å². The number of hydrogen-bond acceptors (Lipinski definition) is 6. The molecule has 0 aliphatic carbocycles. The van der Waals surface area contributed by atoms with Gasteiger partial charge in [-0.2, -0.15) is 0 Å². The van der Waals surface area contributed by atoms with Crippen molar-refractivity contribution in [3.63, 3.8) is 0 Å². The Morgan fingerprint density at radius 3 is 2.79 bits per heavy atom. The van der Waals surface area contributed by atoms with Crippen LogP contribution in [0.5, 0.6) is 5.75 Å². The molecule has 0 saturated carbocycles. The van der Waals surface area contributed by atoms with Crippen LogP contribution in [0.4, 0.5) is 0 Å². The quantitative estimate of drug-likeness (QED) is 0.315. The molecule has 0 fully saturated rings. The normalized spacial score (nSPS) is 10.8. The van der Waals surface area contributed by atoms with E-state index in [2.05, 4.69) is 5.10 Å². The molecule has 0 N–H and O–H groups in total. The lowest BCUT2D eigenvalue weighted by atomic mass is 10.2. The lowest BCUT2D eigenvalue weighted by molar-refractivity contribution is -0.127. The van der Waals surface area contributed by atoms with Crippen molar-refractivity contribution >= 4 is 64.4 Å². The van der Waals surface area contributed by atoms with Gasteiger partial charge in [-0.3, -0.25) is 4.79 Å². The SMILES string of the molecule is COc1cccc(CN(C)C(=O)CSc2nn(-c3ccc(Cl)c(Cl)c3)c(=S)s2)c1. The minimum atomic E-state index is 0.0000237. The van der Waals surface area contributed by atoms with Crippen LogP contribution in [0, 0.1) is 3.95 Å². The molecule has 0 bridgehead atoms. The molecule has 1 amide bonds. The summed E-state index contributed by atoms with van der Waals surface area (Å²) in [6.07, 6.45) is 0. The predicted molar refractivity (Wildman–Crippen MR) is 122 cm³/mol. The average molecular weight is 486 g/mol. The maximum absolute atomic E-state index is 12.5. The van der Waals surface area contributed by atoms with Gasteiger partial charge in [-0.25, -0.2) is 4.68 Å². The number of carbonyl (C=O) groups excluding carboxylic acids is 1. The Hall–Kier alpha value is -1.58. The minimum Gasteiger partial charge on any atom is -0.497 e. The highest BCUT2D eigenvalue weighted by atomic mass is 35.5. The van der Waals surface area contributed by atoms with Crippen molar-refractivity contribution in [2.75, 3.05) is 19.9 Å². The molecule has 5 nitrogen and oxygen atoms in total. The third-order valence-corrected chi connectivity index (χ3v) is 7.06. The van der Waals surface area contributed by atoms with Gasteiger partial charge < -0.3 is 9.64 Å². The maximum atomic E-state index is 12.5. The number of aromatic nitrogens is 2. The van der Waals surface area contributed by atoms with Gasteiger partial charge in [0.05, 0.1) is 28.6 Å². The molecule has 0 saturated heterocycles. The Morgan fingerprint density at radius 1 is 1.28 bits per heavy atom. The summed E-state index contributed by atoms with van der Waals surface area (Å²) in [5, 5.41) is 5.40. The number of methoxy groups -OCH3 is 1. The van der Waals surface area contributed by atoms with E-state index in [9.17, 15) is 4.79 Å². The lowest BCUT2D eigenvalue weighted by Gasteiger charge is -2.17. The van der Waals surface area contributed by atoms with Crippen molar-refractivity contribution in [2.24, 2.45) is 0 Å². The Balaban J connectivity index is 1.62. The van der Waals surface area contributed by atoms with Crippen LogP contribution in [0.1, 0.15) is 5.56 Å². The zero-order valence-electron chi connectivity index (χ0n) is 15.6. The zero-order chi connectivity index (χ0) is 21.0. The molecule has 0 aliphatic heterocycles. The van der Waals surface area contributed by atoms with E-state index in [-0.39, 0.29) is 11.7 Å². The smallest absolute Gasteiger partial charge is 0.233 e. The van der Waals surface area contributed by atoms with Crippen LogP contribution >= 0.6 is 58.5 Å². The number of thioether (sulfide) groups is 1. The van der Waals surface area contributed by atoms with Crippen LogP contribution in [0.2, 0.25) is 10.0 Å². The fraction of sp³-hybridized carbons (Fsp3) is 0.211. The van der Waals surface area contributed by atoms with Gasteiger partial charge in [-0.05, 0) is 48.1 Å². The van der Waals surface area contributed by atoms with Gasteiger partial charge in [-0.15, -0.1) is 5.10 Å². The van der Waals surface area contributed by atoms with E-state index in [1.54, 1.807) is 41.9 Å². The van der Waals surface area contributed by atoms with E-state index in [1.165, 1.54) is 23.1 Å². The van der Waals surface area contributed by atoms with E-state index >= 15 is 0 Å². The van der Waals surface area contributed by atoms with Gasteiger partial charge in [0.15, 0.2) is 8.29 Å². The van der Waals surface area contributed by atoms with Crippen LogP contribution in [0.25, 0.3) is 5.69 Å². The van der Waals surface area contributed by atoms with Gasteiger partial charge in [0.1, 0.15) is 5.75 Å². The standard InChI is InChI=1S/C19H17Cl2N3O2S3/c1-23(10-12-4-3-5-14(8-12)26-2)17(25)11-28-18-22-24(19(27)29-18)13-6-7-15(20)16(21)9-13/h3-9H,10-11H2,1-2H3. The van der Waals surface area contributed by atoms with E-state index in [0.29, 0.717) is 24.9 Å². The molecule has 3 rings (SSSR count). The fourth-order valence-corrected chi connectivity index (χ4v) is 5.06. The predicted octanol–water partition coefficient (Wildman–Crippen LogP) is 5.73. The summed E-state index contributed by atoms with van der Waals surface area (Å²) in [6, 6.07) is 12.9. The molecule has 152 valence electrons. The van der Waals surface area contributed by atoms with Crippen LogP contribution in [-0.2, 0) is 11.3 Å². The van der Waals surface area contributed by atoms with Crippen molar-refractivity contribution in [1.82, 2.24) is 14.7 Å². The third-order valence-electron chi connectivity index (χ3n) is 3.98. The Labute approximate surface area is 192 Å². The highest BCUT2D eigenvalue weighted by Gasteiger charge is 2.14. The van der Waals surface area contributed by atoms with Crippen molar-refractivity contribution in [3.05, 3.63) is 62.0 Å². The number of nitrogens with zero attached hydrogens (tertiary/aromatic N) is 3. The second-order valence-electron chi connectivity index (χ2n) is 6.03. The van der Waals surface area contributed by atoms with Crippen molar-refractivity contribution in [3.8, 4) is 11.4 Å². The summed E-state index contributed by atoms with van der Waals surface area (Å²) in [4.78, 5) is 14.2. The van der Waals surface area contributed by atoms with Gasteiger partial charge in [0.25, 0.3) is 0 Å². The van der Waals surface area contributed by atoms with Crippen LogP contribution in [0.3, 0.4) is 0 Å². The first-order chi connectivity index (χ1) is 13.9. The Bertz CT molecular complexity index is 1080. The van der Waals surface area contributed by atoms with Crippen LogP contribution in [-0.4, -0.2) is 40.5 Å².